The highest BCUT2D eigenvalue weighted by Gasteiger charge is 2.34. The number of anilines is 2. The Balaban J connectivity index is 1.47. The summed E-state index contributed by atoms with van der Waals surface area (Å²) in [5, 5.41) is 9.16. The Labute approximate surface area is 246 Å². The quantitative estimate of drug-likeness (QED) is 0.284. The van der Waals surface area contributed by atoms with Crippen molar-refractivity contribution in [2.24, 2.45) is 0 Å². The van der Waals surface area contributed by atoms with Crippen LogP contribution < -0.4 is 16.0 Å². The van der Waals surface area contributed by atoms with Gasteiger partial charge in [-0.05, 0) is 65.4 Å². The van der Waals surface area contributed by atoms with Crippen molar-refractivity contribution >= 4 is 40.5 Å². The number of methoxy groups -OCH3 is 1. The third kappa shape index (κ3) is 6.62. The van der Waals surface area contributed by atoms with Gasteiger partial charge < -0.3 is 15.4 Å². The second kappa shape index (κ2) is 12.3. The van der Waals surface area contributed by atoms with Crippen LogP contribution in [0.1, 0.15) is 48.3 Å². The van der Waals surface area contributed by atoms with E-state index >= 15 is 0 Å². The highest BCUT2D eigenvalue weighted by molar-refractivity contribution is 6.30. The molecule has 2 aliphatic heterocycles. The maximum absolute atomic E-state index is 13.7. The largest absolute Gasteiger partial charge is 0.453 e. The summed E-state index contributed by atoms with van der Waals surface area (Å²) in [6, 6.07) is 16.7. The molecule has 2 bridgehead atoms. The number of halogens is 4. The number of hydrogen-bond donors (Lipinski definition) is 3. The van der Waals surface area contributed by atoms with Gasteiger partial charge in [0, 0.05) is 34.8 Å². The molecule has 3 N–H and O–H groups in total. The lowest BCUT2D eigenvalue weighted by Crippen LogP contribution is -2.32. The zero-order valence-corrected chi connectivity index (χ0v) is 23.5. The molecule has 0 aromatic heterocycles. The highest BCUT2D eigenvalue weighted by Crippen LogP contribution is 2.39. The van der Waals surface area contributed by atoms with Crippen LogP contribution in [0.25, 0.3) is 16.7 Å². The number of benzene rings is 3. The molecule has 0 saturated carbocycles. The number of carbonyl (C=O) groups excluding carboxylic acids is 2. The number of hydrogen-bond acceptors (Lipinski definition) is 4. The first kappa shape index (κ1) is 29.3. The van der Waals surface area contributed by atoms with E-state index < -0.39 is 17.8 Å². The molecule has 2 amide bonds. The van der Waals surface area contributed by atoms with E-state index in [4.69, 9.17) is 11.6 Å². The normalized spacial score (nSPS) is 18.8. The fourth-order valence-electron chi connectivity index (χ4n) is 5.42. The first-order valence-corrected chi connectivity index (χ1v) is 13.9. The van der Waals surface area contributed by atoms with Gasteiger partial charge in [-0.2, -0.15) is 13.2 Å². The minimum atomic E-state index is -4.52. The van der Waals surface area contributed by atoms with Crippen molar-refractivity contribution in [1.29, 1.82) is 0 Å². The number of fused-ring (bicyclic) bond motifs is 4. The number of dihydropyridines is 1. The van der Waals surface area contributed by atoms with Crippen LogP contribution in [0.5, 0.6) is 0 Å². The summed E-state index contributed by atoms with van der Waals surface area (Å²) in [5.74, 6) is -0.142. The predicted molar refractivity (Wildman–Crippen MR) is 158 cm³/mol. The van der Waals surface area contributed by atoms with Crippen LogP contribution in [0, 0.1) is 0 Å². The molecule has 2 aliphatic rings. The molecule has 3 aromatic carbocycles. The Morgan fingerprint density at radius 3 is 2.62 bits per heavy atom. The van der Waals surface area contributed by atoms with Crippen LogP contribution in [-0.4, -0.2) is 25.2 Å². The smallest absolute Gasteiger partial charge is 0.417 e. The topological polar surface area (TPSA) is 79.5 Å². The summed E-state index contributed by atoms with van der Waals surface area (Å²) < 4.78 is 45.8. The second-order valence-electron chi connectivity index (χ2n) is 10.2. The average Bonchev–Trinajstić information content (AvgIpc) is 2.96. The van der Waals surface area contributed by atoms with Gasteiger partial charge in [0.25, 0.3) is 0 Å². The number of nitrogens with one attached hydrogen (secondary N) is 3. The van der Waals surface area contributed by atoms with Crippen molar-refractivity contribution in [2.45, 2.75) is 43.8 Å². The Morgan fingerprint density at radius 1 is 1.05 bits per heavy atom. The molecule has 0 spiro atoms. The van der Waals surface area contributed by atoms with Gasteiger partial charge in [-0.15, -0.1) is 0 Å². The number of alkyl halides is 3. The fraction of sp³-hybridized carbons (Fsp3) is 0.250. The van der Waals surface area contributed by atoms with E-state index in [0.717, 1.165) is 35.6 Å². The molecule has 3 aromatic rings. The molecule has 218 valence electrons. The molecule has 2 heterocycles. The molecule has 0 aliphatic carbocycles. The van der Waals surface area contributed by atoms with Crippen molar-refractivity contribution in [1.82, 2.24) is 5.32 Å². The van der Waals surface area contributed by atoms with Gasteiger partial charge >= 0.3 is 12.3 Å². The van der Waals surface area contributed by atoms with Crippen LogP contribution in [0.15, 0.2) is 79.0 Å². The van der Waals surface area contributed by atoms with Crippen LogP contribution >= 0.6 is 11.6 Å². The van der Waals surface area contributed by atoms with Gasteiger partial charge in [-0.1, -0.05) is 60.5 Å². The van der Waals surface area contributed by atoms with Crippen molar-refractivity contribution in [2.75, 3.05) is 17.7 Å². The van der Waals surface area contributed by atoms with Gasteiger partial charge in [0.1, 0.15) is 0 Å². The summed E-state index contributed by atoms with van der Waals surface area (Å²) in [5.41, 5.74) is 3.43. The lowest BCUT2D eigenvalue weighted by atomic mass is 9.83. The monoisotopic (exact) mass is 595 g/mol. The molecule has 6 nitrogen and oxygen atoms in total. The number of rotatable bonds is 3. The standard InChI is InChI=1S/C32H29ClF3N3O3/c1-42-31(41)38-23-11-12-25-20-6-4-5-19(15-20)24(7-2-3-8-30(40)39-29(25)17-23)28-14-9-21(18-37-28)26-16-22(33)10-13-27(26)32(34,35)36/h4-6,9-18,24,28,37H,2-3,7-8H2,1H3,(H,38,41)(H,39,40). The van der Waals surface area contributed by atoms with Gasteiger partial charge in [0.2, 0.25) is 5.91 Å². The minimum absolute atomic E-state index is 0.00773. The van der Waals surface area contributed by atoms with E-state index in [1.165, 1.54) is 19.2 Å². The second-order valence-corrected chi connectivity index (χ2v) is 10.7. The molecule has 0 radical (unpaired) electrons. The highest BCUT2D eigenvalue weighted by atomic mass is 35.5. The first-order valence-electron chi connectivity index (χ1n) is 13.5. The Kier molecular flexibility index (Phi) is 8.59. The zero-order valence-electron chi connectivity index (χ0n) is 22.7. The summed E-state index contributed by atoms with van der Waals surface area (Å²) in [6.45, 7) is 0. The lowest BCUT2D eigenvalue weighted by Gasteiger charge is -2.29. The number of carbonyl (C=O) groups is 2. The summed E-state index contributed by atoms with van der Waals surface area (Å²) in [7, 11) is 1.27. The van der Waals surface area contributed by atoms with E-state index in [1.807, 2.05) is 30.3 Å². The molecule has 5 rings (SSSR count). The van der Waals surface area contributed by atoms with Crippen molar-refractivity contribution in [3.05, 3.63) is 101 Å². The van der Waals surface area contributed by atoms with Crippen LogP contribution in [0.4, 0.5) is 29.3 Å². The van der Waals surface area contributed by atoms with E-state index in [1.54, 1.807) is 24.4 Å². The zero-order chi connectivity index (χ0) is 29.9. The maximum atomic E-state index is 13.7. The number of ether oxygens (including phenoxy) is 1. The van der Waals surface area contributed by atoms with Gasteiger partial charge in [0.15, 0.2) is 0 Å². The number of allylic oxidation sites excluding steroid dienone is 2. The van der Waals surface area contributed by atoms with E-state index in [-0.39, 0.29) is 28.5 Å². The van der Waals surface area contributed by atoms with Crippen LogP contribution in [0.3, 0.4) is 0 Å². The molecule has 0 saturated heterocycles. The van der Waals surface area contributed by atoms with Gasteiger partial charge in [-0.3, -0.25) is 10.1 Å². The van der Waals surface area contributed by atoms with E-state index in [9.17, 15) is 22.8 Å². The van der Waals surface area contributed by atoms with E-state index in [0.29, 0.717) is 29.8 Å². The van der Waals surface area contributed by atoms with Crippen molar-refractivity contribution in [3.63, 3.8) is 0 Å². The molecule has 2 unspecified atom stereocenters. The third-order valence-electron chi connectivity index (χ3n) is 7.47. The average molecular weight is 596 g/mol. The maximum Gasteiger partial charge on any atom is 0.417 e. The summed E-state index contributed by atoms with van der Waals surface area (Å²) >= 11 is 6.05. The van der Waals surface area contributed by atoms with Crippen LogP contribution in [-0.2, 0) is 15.7 Å². The molecule has 0 fully saturated rings. The van der Waals surface area contributed by atoms with Crippen LogP contribution in [0.2, 0.25) is 5.02 Å². The fourth-order valence-corrected chi connectivity index (χ4v) is 5.59. The van der Waals surface area contributed by atoms with Gasteiger partial charge in [0.05, 0.1) is 24.4 Å². The van der Waals surface area contributed by atoms with Crippen molar-refractivity contribution in [3.8, 4) is 11.1 Å². The predicted octanol–water partition coefficient (Wildman–Crippen LogP) is 8.37. The summed E-state index contributed by atoms with van der Waals surface area (Å²) in [4.78, 5) is 24.5. The SMILES string of the molecule is COC(=O)Nc1ccc2c(c1)NC(=O)CCCCC(C1C=CC(c3cc(Cl)ccc3C(F)(F)F)=CN1)c1cccc-2c1. The lowest BCUT2D eigenvalue weighted by molar-refractivity contribution is -0.137. The molecule has 2 atom stereocenters. The Hall–Kier alpha value is -4.24. The van der Waals surface area contributed by atoms with Gasteiger partial charge in [-0.25, -0.2) is 4.79 Å². The first-order chi connectivity index (χ1) is 20.1. The molecule has 10 heteroatoms. The molecule has 42 heavy (non-hydrogen) atoms. The molecular formula is C32H29ClF3N3O3. The minimum Gasteiger partial charge on any atom is -0.453 e. The van der Waals surface area contributed by atoms with E-state index in [2.05, 4.69) is 26.8 Å². The number of amides is 2. The summed E-state index contributed by atoms with van der Waals surface area (Å²) in [6.07, 6.45) is 2.60. The van der Waals surface area contributed by atoms with Crippen molar-refractivity contribution < 1.29 is 27.5 Å². The third-order valence-corrected chi connectivity index (χ3v) is 7.70. The Morgan fingerprint density at radius 2 is 1.88 bits per heavy atom. The Bertz CT molecular complexity index is 1570. The molecular weight excluding hydrogens is 567 g/mol.